The van der Waals surface area contributed by atoms with Gasteiger partial charge in [-0.25, -0.2) is 0 Å². The lowest BCUT2D eigenvalue weighted by Crippen LogP contribution is -2.04. The van der Waals surface area contributed by atoms with E-state index in [9.17, 15) is 10.1 Å². The fourth-order valence-corrected chi connectivity index (χ4v) is 1.89. The molecule has 0 amide bonds. The summed E-state index contributed by atoms with van der Waals surface area (Å²) in [7, 11) is 0. The van der Waals surface area contributed by atoms with Gasteiger partial charge in [0.05, 0.1) is 4.92 Å². The van der Waals surface area contributed by atoms with E-state index in [4.69, 9.17) is 0 Å². The first-order chi connectivity index (χ1) is 9.47. The number of anilines is 1. The molecule has 0 aliphatic carbocycles. The van der Waals surface area contributed by atoms with Crippen molar-refractivity contribution in [1.82, 2.24) is 4.98 Å². The van der Waals surface area contributed by atoms with E-state index in [0.717, 1.165) is 22.4 Å². The predicted molar refractivity (Wildman–Crippen MR) is 78.9 cm³/mol. The van der Waals surface area contributed by atoms with Crippen LogP contribution in [0.3, 0.4) is 0 Å². The minimum Gasteiger partial charge on any atom is -0.375 e. The summed E-state index contributed by atoms with van der Waals surface area (Å²) in [6, 6.07) is 7.30. The predicted octanol–water partition coefficient (Wildman–Crippen LogP) is 3.53. The summed E-state index contributed by atoms with van der Waals surface area (Å²) < 4.78 is 0. The zero-order valence-corrected chi connectivity index (χ0v) is 11.8. The Balaban J connectivity index is 2.22. The van der Waals surface area contributed by atoms with E-state index in [2.05, 4.69) is 10.3 Å². The molecule has 1 N–H and O–H groups in total. The van der Waals surface area contributed by atoms with Crippen LogP contribution in [0.5, 0.6) is 0 Å². The molecule has 0 unspecified atom stereocenters. The van der Waals surface area contributed by atoms with Crippen molar-refractivity contribution in [3.8, 4) is 0 Å². The zero-order valence-electron chi connectivity index (χ0n) is 11.8. The van der Waals surface area contributed by atoms with Gasteiger partial charge in [0.15, 0.2) is 0 Å². The first-order valence-corrected chi connectivity index (χ1v) is 6.38. The summed E-state index contributed by atoms with van der Waals surface area (Å²) in [5.74, 6) is 0. The van der Waals surface area contributed by atoms with Gasteiger partial charge >= 0.3 is 0 Å². The number of nitro benzene ring substituents is 1. The Kier molecular flexibility index (Phi) is 3.98. The lowest BCUT2D eigenvalue weighted by atomic mass is 10.1. The molecule has 0 atom stereocenters. The summed E-state index contributed by atoms with van der Waals surface area (Å²) in [6.45, 7) is 6.25. The standard InChI is InChI=1S/C15H17N3O2/c1-10-6-14(15(18(19)20)7-11(10)2)17-9-13-5-4-12(3)16-8-13/h4-8,17H,9H2,1-3H3. The average molecular weight is 271 g/mol. The van der Waals surface area contributed by atoms with Gasteiger partial charge in [0.2, 0.25) is 0 Å². The van der Waals surface area contributed by atoms with Gasteiger partial charge in [0.25, 0.3) is 5.69 Å². The van der Waals surface area contributed by atoms with E-state index in [1.807, 2.05) is 39.0 Å². The molecule has 0 saturated heterocycles. The third kappa shape index (κ3) is 3.12. The molecule has 0 saturated carbocycles. The number of nitrogens with one attached hydrogen (secondary N) is 1. The van der Waals surface area contributed by atoms with Crippen molar-refractivity contribution in [2.75, 3.05) is 5.32 Å². The van der Waals surface area contributed by atoms with Crippen LogP contribution in [0.2, 0.25) is 0 Å². The number of hydrogen-bond donors (Lipinski definition) is 1. The summed E-state index contributed by atoms with van der Waals surface area (Å²) in [5, 5.41) is 14.2. The molecule has 0 bridgehead atoms. The van der Waals surface area contributed by atoms with Crippen molar-refractivity contribution in [2.24, 2.45) is 0 Å². The number of aryl methyl sites for hydroxylation is 3. The summed E-state index contributed by atoms with van der Waals surface area (Å²) in [6.07, 6.45) is 1.77. The highest BCUT2D eigenvalue weighted by Gasteiger charge is 2.15. The molecular formula is C15H17N3O2. The van der Waals surface area contributed by atoms with Crippen LogP contribution in [0, 0.1) is 30.9 Å². The number of hydrogen-bond acceptors (Lipinski definition) is 4. The zero-order chi connectivity index (χ0) is 14.7. The number of aromatic nitrogens is 1. The highest BCUT2D eigenvalue weighted by atomic mass is 16.6. The second kappa shape index (κ2) is 5.69. The SMILES string of the molecule is Cc1ccc(CNc2cc(C)c(C)cc2[N+](=O)[O-])cn1. The number of nitrogens with zero attached hydrogens (tertiary/aromatic N) is 2. The fraction of sp³-hybridized carbons (Fsp3) is 0.267. The quantitative estimate of drug-likeness (QED) is 0.682. The minimum atomic E-state index is -0.359. The maximum absolute atomic E-state index is 11.1. The maximum atomic E-state index is 11.1. The van der Waals surface area contributed by atoms with Crippen LogP contribution in [0.4, 0.5) is 11.4 Å². The first-order valence-electron chi connectivity index (χ1n) is 6.38. The van der Waals surface area contributed by atoms with Crippen molar-refractivity contribution in [1.29, 1.82) is 0 Å². The van der Waals surface area contributed by atoms with Crippen LogP contribution in [-0.4, -0.2) is 9.91 Å². The Morgan fingerprint density at radius 3 is 2.50 bits per heavy atom. The molecule has 1 aromatic heterocycles. The molecule has 0 aliphatic heterocycles. The van der Waals surface area contributed by atoms with Crippen LogP contribution >= 0.6 is 0 Å². The topological polar surface area (TPSA) is 68.1 Å². The molecule has 0 fully saturated rings. The lowest BCUT2D eigenvalue weighted by Gasteiger charge is -2.10. The Bertz CT molecular complexity index is 636. The van der Waals surface area contributed by atoms with Crippen LogP contribution in [0.1, 0.15) is 22.4 Å². The van der Waals surface area contributed by atoms with E-state index in [-0.39, 0.29) is 10.6 Å². The van der Waals surface area contributed by atoms with Gasteiger partial charge in [-0.2, -0.15) is 0 Å². The molecule has 2 aromatic rings. The molecule has 5 nitrogen and oxygen atoms in total. The Hall–Kier alpha value is -2.43. The molecule has 5 heteroatoms. The Morgan fingerprint density at radius 1 is 1.20 bits per heavy atom. The number of benzene rings is 1. The smallest absolute Gasteiger partial charge is 0.292 e. The van der Waals surface area contributed by atoms with E-state index in [1.165, 1.54) is 0 Å². The molecule has 0 spiro atoms. The van der Waals surface area contributed by atoms with Crippen molar-refractivity contribution < 1.29 is 4.92 Å². The number of nitro groups is 1. The molecule has 0 aliphatic rings. The van der Waals surface area contributed by atoms with E-state index < -0.39 is 0 Å². The highest BCUT2D eigenvalue weighted by Crippen LogP contribution is 2.28. The fourth-order valence-electron chi connectivity index (χ4n) is 1.89. The summed E-state index contributed by atoms with van der Waals surface area (Å²) in [4.78, 5) is 14.9. The van der Waals surface area contributed by atoms with Gasteiger partial charge in [-0.3, -0.25) is 15.1 Å². The van der Waals surface area contributed by atoms with Gasteiger partial charge in [0, 0.05) is 24.5 Å². The Morgan fingerprint density at radius 2 is 1.90 bits per heavy atom. The molecule has 20 heavy (non-hydrogen) atoms. The van der Waals surface area contributed by atoms with Crippen LogP contribution in [0.25, 0.3) is 0 Å². The second-order valence-corrected chi connectivity index (χ2v) is 4.87. The Labute approximate surface area is 117 Å². The number of rotatable bonds is 4. The summed E-state index contributed by atoms with van der Waals surface area (Å²) in [5.41, 5.74) is 4.53. The molecule has 2 rings (SSSR count). The van der Waals surface area contributed by atoms with Crippen LogP contribution in [-0.2, 0) is 6.54 Å². The second-order valence-electron chi connectivity index (χ2n) is 4.87. The molecule has 1 heterocycles. The van der Waals surface area contributed by atoms with Gasteiger partial charge in [-0.05, 0) is 49.6 Å². The van der Waals surface area contributed by atoms with Crippen molar-refractivity contribution in [2.45, 2.75) is 27.3 Å². The maximum Gasteiger partial charge on any atom is 0.292 e. The third-order valence-electron chi connectivity index (χ3n) is 3.26. The van der Waals surface area contributed by atoms with Gasteiger partial charge in [-0.1, -0.05) is 6.07 Å². The van der Waals surface area contributed by atoms with Gasteiger partial charge in [-0.15, -0.1) is 0 Å². The van der Waals surface area contributed by atoms with Crippen molar-refractivity contribution in [3.63, 3.8) is 0 Å². The van der Waals surface area contributed by atoms with E-state index in [0.29, 0.717) is 12.2 Å². The van der Waals surface area contributed by atoms with Crippen LogP contribution in [0.15, 0.2) is 30.5 Å². The third-order valence-corrected chi connectivity index (χ3v) is 3.26. The largest absolute Gasteiger partial charge is 0.375 e. The van der Waals surface area contributed by atoms with Crippen LogP contribution < -0.4 is 5.32 Å². The lowest BCUT2D eigenvalue weighted by molar-refractivity contribution is -0.384. The monoisotopic (exact) mass is 271 g/mol. The minimum absolute atomic E-state index is 0.105. The first kappa shape index (κ1) is 14.0. The van der Waals surface area contributed by atoms with E-state index >= 15 is 0 Å². The molecule has 1 aromatic carbocycles. The van der Waals surface area contributed by atoms with Crippen molar-refractivity contribution in [3.05, 3.63) is 63.0 Å². The number of pyridine rings is 1. The van der Waals surface area contributed by atoms with E-state index in [1.54, 1.807) is 12.3 Å². The normalized spacial score (nSPS) is 10.3. The highest BCUT2D eigenvalue weighted by molar-refractivity contribution is 5.64. The van der Waals surface area contributed by atoms with Gasteiger partial charge < -0.3 is 5.32 Å². The molecule has 0 radical (unpaired) electrons. The summed E-state index contributed by atoms with van der Waals surface area (Å²) >= 11 is 0. The average Bonchev–Trinajstić information content (AvgIpc) is 2.41. The molecule has 104 valence electrons. The molecular weight excluding hydrogens is 254 g/mol. The van der Waals surface area contributed by atoms with Crippen molar-refractivity contribution >= 4 is 11.4 Å². The van der Waals surface area contributed by atoms with Gasteiger partial charge in [0.1, 0.15) is 5.69 Å².